The van der Waals surface area contributed by atoms with Crippen molar-refractivity contribution < 1.29 is 9.32 Å². The lowest BCUT2D eigenvalue weighted by atomic mass is 10.2. The van der Waals surface area contributed by atoms with Gasteiger partial charge in [0.2, 0.25) is 0 Å². The van der Waals surface area contributed by atoms with Crippen LogP contribution in [-0.2, 0) is 0 Å². The van der Waals surface area contributed by atoms with E-state index < -0.39 is 0 Å². The average molecular weight is 381 g/mol. The van der Waals surface area contributed by atoms with Crippen LogP contribution in [-0.4, -0.2) is 16.0 Å². The van der Waals surface area contributed by atoms with Crippen LogP contribution in [0.5, 0.6) is 0 Å². The van der Waals surface area contributed by atoms with Crippen LogP contribution in [0.25, 0.3) is 21.7 Å². The van der Waals surface area contributed by atoms with Crippen LogP contribution in [0.4, 0.5) is 5.13 Å². The number of benzene rings is 1. The maximum atomic E-state index is 12.5. The van der Waals surface area contributed by atoms with E-state index in [1.807, 2.05) is 61.7 Å². The van der Waals surface area contributed by atoms with Gasteiger partial charge in [0.05, 0.1) is 21.8 Å². The largest absolute Gasteiger partial charge is 0.361 e. The molecule has 0 aliphatic heterocycles. The number of carbonyl (C=O) groups excluding carboxylic acids is 1. The molecule has 0 radical (unpaired) electrons. The normalized spacial score (nSPS) is 10.8. The maximum Gasteiger partial charge on any atom is 0.267 e. The number of nitrogens with zero attached hydrogens (tertiary/aromatic N) is 2. The number of thiophene rings is 1. The fraction of sp³-hybridized carbons (Fsp3) is 0.105. The molecule has 0 fully saturated rings. The first-order valence-corrected chi connectivity index (χ1v) is 9.67. The van der Waals surface area contributed by atoms with Crippen LogP contribution in [0.1, 0.15) is 21.1 Å². The minimum atomic E-state index is -0.165. The molecule has 0 spiro atoms. The second-order valence-electron chi connectivity index (χ2n) is 5.72. The molecule has 0 aliphatic rings. The van der Waals surface area contributed by atoms with Gasteiger partial charge in [0, 0.05) is 15.8 Å². The topological polar surface area (TPSA) is 68.0 Å². The summed E-state index contributed by atoms with van der Waals surface area (Å²) in [6.45, 7) is 3.77. The minimum Gasteiger partial charge on any atom is -0.361 e. The predicted molar refractivity (Wildman–Crippen MR) is 105 cm³/mol. The van der Waals surface area contributed by atoms with Crippen molar-refractivity contribution in [3.8, 4) is 21.7 Å². The van der Waals surface area contributed by atoms with Crippen molar-refractivity contribution in [1.82, 2.24) is 10.1 Å². The number of hydrogen-bond donors (Lipinski definition) is 1. The second-order valence-corrected chi connectivity index (χ2v) is 7.66. The quantitative estimate of drug-likeness (QED) is 0.514. The van der Waals surface area contributed by atoms with E-state index in [9.17, 15) is 4.79 Å². The third-order valence-corrected chi connectivity index (χ3v) is 5.76. The second kappa shape index (κ2) is 6.86. The van der Waals surface area contributed by atoms with Gasteiger partial charge < -0.3 is 4.52 Å². The maximum absolute atomic E-state index is 12.5. The van der Waals surface area contributed by atoms with Crippen molar-refractivity contribution in [2.24, 2.45) is 0 Å². The summed E-state index contributed by atoms with van der Waals surface area (Å²) in [5, 5.41) is 9.37. The monoisotopic (exact) mass is 381 g/mol. The molecule has 0 atom stereocenters. The van der Waals surface area contributed by atoms with Gasteiger partial charge in [0.25, 0.3) is 5.91 Å². The van der Waals surface area contributed by atoms with Gasteiger partial charge in [0.15, 0.2) is 5.13 Å². The number of nitrogens with one attached hydrogen (secondary N) is 1. The van der Waals surface area contributed by atoms with Crippen LogP contribution >= 0.6 is 22.7 Å². The SMILES string of the molecule is Cc1noc(C)c1-c1ccc(C(=O)Nc2nc(-c3ccccc3)cs2)s1. The summed E-state index contributed by atoms with van der Waals surface area (Å²) in [5.41, 5.74) is 3.66. The van der Waals surface area contributed by atoms with Crippen molar-refractivity contribution in [2.45, 2.75) is 13.8 Å². The lowest BCUT2D eigenvalue weighted by molar-refractivity contribution is 0.103. The fourth-order valence-electron chi connectivity index (χ4n) is 2.66. The number of thiazole rings is 1. The third-order valence-electron chi connectivity index (χ3n) is 3.90. The molecule has 1 amide bonds. The molecule has 26 heavy (non-hydrogen) atoms. The number of aryl methyl sites for hydroxylation is 2. The molecular weight excluding hydrogens is 366 g/mol. The Morgan fingerprint density at radius 1 is 1.12 bits per heavy atom. The zero-order valence-electron chi connectivity index (χ0n) is 14.1. The van der Waals surface area contributed by atoms with Gasteiger partial charge >= 0.3 is 0 Å². The Kier molecular flexibility index (Phi) is 4.40. The van der Waals surface area contributed by atoms with Gasteiger partial charge in [-0.05, 0) is 26.0 Å². The van der Waals surface area contributed by atoms with Crippen LogP contribution < -0.4 is 5.32 Å². The van der Waals surface area contributed by atoms with Crippen molar-refractivity contribution in [2.75, 3.05) is 5.32 Å². The van der Waals surface area contributed by atoms with Crippen molar-refractivity contribution in [1.29, 1.82) is 0 Å². The highest BCUT2D eigenvalue weighted by molar-refractivity contribution is 7.17. The van der Waals surface area contributed by atoms with Gasteiger partial charge in [0.1, 0.15) is 5.76 Å². The first kappa shape index (κ1) is 16.7. The fourth-order valence-corrected chi connectivity index (χ4v) is 4.42. The van der Waals surface area contributed by atoms with E-state index >= 15 is 0 Å². The lowest BCUT2D eigenvalue weighted by Crippen LogP contribution is -2.09. The molecule has 0 saturated carbocycles. The summed E-state index contributed by atoms with van der Waals surface area (Å²) in [5.74, 6) is 0.589. The standard InChI is InChI=1S/C19H15N3O2S2/c1-11-17(12(2)24-22-11)15-8-9-16(26-15)18(23)21-19-20-14(10-25-19)13-6-4-3-5-7-13/h3-10H,1-2H3,(H,20,21,23). The van der Waals surface area contributed by atoms with Crippen molar-refractivity contribution in [3.63, 3.8) is 0 Å². The Bertz CT molecular complexity index is 1040. The molecule has 0 unspecified atom stereocenters. The molecule has 4 rings (SSSR count). The first-order chi connectivity index (χ1) is 12.6. The van der Waals surface area contributed by atoms with Crippen LogP contribution in [0.15, 0.2) is 52.4 Å². The van der Waals surface area contributed by atoms with Gasteiger partial charge in [-0.25, -0.2) is 4.98 Å². The van der Waals surface area contributed by atoms with E-state index in [0.717, 1.165) is 33.2 Å². The molecular formula is C19H15N3O2S2. The Labute approximate surface area is 158 Å². The van der Waals surface area contributed by atoms with Crippen LogP contribution in [0.2, 0.25) is 0 Å². The molecule has 0 saturated heterocycles. The molecule has 4 aromatic rings. The molecule has 5 nitrogen and oxygen atoms in total. The third kappa shape index (κ3) is 3.18. The van der Waals surface area contributed by atoms with Crippen LogP contribution in [0, 0.1) is 13.8 Å². The van der Waals surface area contributed by atoms with E-state index in [2.05, 4.69) is 15.5 Å². The number of carbonyl (C=O) groups is 1. The van der Waals surface area contributed by atoms with E-state index in [-0.39, 0.29) is 5.91 Å². The number of hydrogen-bond acceptors (Lipinski definition) is 6. The summed E-state index contributed by atoms with van der Waals surface area (Å²) >= 11 is 2.83. The van der Waals surface area contributed by atoms with E-state index in [1.54, 1.807) is 0 Å². The van der Waals surface area contributed by atoms with E-state index in [0.29, 0.717) is 10.0 Å². The molecule has 3 aromatic heterocycles. The highest BCUT2D eigenvalue weighted by atomic mass is 32.1. The summed E-state index contributed by atoms with van der Waals surface area (Å²) in [4.78, 5) is 18.6. The number of anilines is 1. The predicted octanol–water partition coefficient (Wildman–Crippen LogP) is 5.40. The Hall–Kier alpha value is -2.77. The Morgan fingerprint density at radius 3 is 2.65 bits per heavy atom. The zero-order valence-corrected chi connectivity index (χ0v) is 15.8. The summed E-state index contributed by atoms with van der Waals surface area (Å²) in [6, 6.07) is 13.6. The van der Waals surface area contributed by atoms with E-state index in [1.165, 1.54) is 22.7 Å². The van der Waals surface area contributed by atoms with Gasteiger partial charge in [-0.2, -0.15) is 0 Å². The van der Waals surface area contributed by atoms with Crippen molar-refractivity contribution >= 4 is 33.7 Å². The molecule has 7 heteroatoms. The van der Waals surface area contributed by atoms with E-state index in [4.69, 9.17) is 4.52 Å². The van der Waals surface area contributed by atoms with Gasteiger partial charge in [-0.15, -0.1) is 22.7 Å². The molecule has 1 N–H and O–H groups in total. The average Bonchev–Trinajstić information content (AvgIpc) is 3.36. The van der Waals surface area contributed by atoms with Gasteiger partial charge in [-0.3, -0.25) is 10.1 Å². The van der Waals surface area contributed by atoms with Gasteiger partial charge in [-0.1, -0.05) is 35.5 Å². The smallest absolute Gasteiger partial charge is 0.267 e. The van der Waals surface area contributed by atoms with Crippen molar-refractivity contribution in [3.05, 3.63) is 64.2 Å². The Morgan fingerprint density at radius 2 is 1.92 bits per heavy atom. The summed E-state index contributed by atoms with van der Waals surface area (Å²) in [6.07, 6.45) is 0. The zero-order chi connectivity index (χ0) is 18.1. The minimum absolute atomic E-state index is 0.165. The summed E-state index contributed by atoms with van der Waals surface area (Å²) in [7, 11) is 0. The number of aromatic nitrogens is 2. The molecule has 3 heterocycles. The molecule has 1 aromatic carbocycles. The summed E-state index contributed by atoms with van der Waals surface area (Å²) < 4.78 is 5.21. The highest BCUT2D eigenvalue weighted by Crippen LogP contribution is 2.33. The lowest BCUT2D eigenvalue weighted by Gasteiger charge is -1.99. The molecule has 0 aliphatic carbocycles. The first-order valence-electron chi connectivity index (χ1n) is 7.97. The Balaban J connectivity index is 1.52. The number of amides is 1. The highest BCUT2D eigenvalue weighted by Gasteiger charge is 2.17. The number of rotatable bonds is 4. The molecule has 130 valence electrons. The molecule has 0 bridgehead atoms. The van der Waals surface area contributed by atoms with Crippen LogP contribution in [0.3, 0.4) is 0 Å².